The van der Waals surface area contributed by atoms with Crippen molar-refractivity contribution in [1.29, 1.82) is 0 Å². The van der Waals surface area contributed by atoms with Gasteiger partial charge in [-0.3, -0.25) is 4.99 Å². The van der Waals surface area contributed by atoms with Gasteiger partial charge in [0.05, 0.1) is 0 Å². The Balaban J connectivity index is 2.03. The van der Waals surface area contributed by atoms with E-state index >= 15 is 0 Å². The Labute approximate surface area is 97.0 Å². The van der Waals surface area contributed by atoms with Crippen molar-refractivity contribution in [2.45, 2.75) is 32.6 Å². The lowest BCUT2D eigenvalue weighted by atomic mass is 10.0. The highest BCUT2D eigenvalue weighted by atomic mass is 15.0. The zero-order valence-corrected chi connectivity index (χ0v) is 9.87. The molecule has 0 unspecified atom stereocenters. The molecule has 0 saturated carbocycles. The van der Waals surface area contributed by atoms with Crippen molar-refractivity contribution in [3.63, 3.8) is 0 Å². The summed E-state index contributed by atoms with van der Waals surface area (Å²) in [6.45, 7) is 4.11. The molecule has 86 valence electrons. The van der Waals surface area contributed by atoms with Gasteiger partial charge in [-0.05, 0) is 37.8 Å². The second-order valence-electron chi connectivity index (χ2n) is 4.14. The maximum atomic E-state index is 4.55. The van der Waals surface area contributed by atoms with Gasteiger partial charge in [-0.2, -0.15) is 0 Å². The SMILES string of the molecule is CCCNc1ccc(C2=NCCCC2)cn1. The number of nitrogens with one attached hydrogen (secondary N) is 1. The second-order valence-corrected chi connectivity index (χ2v) is 4.14. The predicted octanol–water partition coefficient (Wildman–Crippen LogP) is 2.88. The molecule has 0 saturated heterocycles. The summed E-state index contributed by atoms with van der Waals surface area (Å²) in [4.78, 5) is 8.95. The Hall–Kier alpha value is -1.38. The molecule has 3 nitrogen and oxygen atoms in total. The van der Waals surface area contributed by atoms with Gasteiger partial charge in [0.1, 0.15) is 5.82 Å². The Kier molecular flexibility index (Phi) is 3.91. The molecular weight excluding hydrogens is 198 g/mol. The number of hydrogen-bond acceptors (Lipinski definition) is 3. The lowest BCUT2D eigenvalue weighted by molar-refractivity contribution is 0.738. The van der Waals surface area contributed by atoms with Crippen LogP contribution in [0.4, 0.5) is 5.82 Å². The van der Waals surface area contributed by atoms with Gasteiger partial charge in [0, 0.05) is 30.6 Å². The van der Waals surface area contributed by atoms with Gasteiger partial charge in [-0.15, -0.1) is 0 Å². The van der Waals surface area contributed by atoms with Crippen molar-refractivity contribution in [1.82, 2.24) is 4.98 Å². The third kappa shape index (κ3) is 2.81. The summed E-state index contributed by atoms with van der Waals surface area (Å²) in [5, 5.41) is 3.27. The highest BCUT2D eigenvalue weighted by Crippen LogP contribution is 2.14. The third-order valence-electron chi connectivity index (χ3n) is 2.78. The summed E-state index contributed by atoms with van der Waals surface area (Å²) in [5.41, 5.74) is 2.41. The summed E-state index contributed by atoms with van der Waals surface area (Å²) in [6.07, 6.45) is 6.64. The number of aromatic nitrogens is 1. The fourth-order valence-electron chi connectivity index (χ4n) is 1.86. The molecule has 0 aliphatic carbocycles. The van der Waals surface area contributed by atoms with Crippen LogP contribution in [0.1, 0.15) is 38.2 Å². The zero-order chi connectivity index (χ0) is 11.2. The van der Waals surface area contributed by atoms with Gasteiger partial charge in [-0.25, -0.2) is 4.98 Å². The summed E-state index contributed by atoms with van der Waals surface area (Å²) >= 11 is 0. The molecule has 1 aromatic heterocycles. The number of anilines is 1. The van der Waals surface area contributed by atoms with Crippen molar-refractivity contribution in [3.05, 3.63) is 23.9 Å². The van der Waals surface area contributed by atoms with Crippen LogP contribution >= 0.6 is 0 Å². The molecule has 1 aromatic rings. The van der Waals surface area contributed by atoms with Gasteiger partial charge < -0.3 is 5.32 Å². The average molecular weight is 217 g/mol. The molecular formula is C13H19N3. The van der Waals surface area contributed by atoms with E-state index in [1.165, 1.54) is 24.1 Å². The van der Waals surface area contributed by atoms with Crippen molar-refractivity contribution in [3.8, 4) is 0 Å². The van der Waals surface area contributed by atoms with Crippen molar-refractivity contribution >= 4 is 11.5 Å². The van der Waals surface area contributed by atoms with Crippen LogP contribution in [0.5, 0.6) is 0 Å². The first kappa shape index (κ1) is 11.1. The van der Waals surface area contributed by atoms with E-state index in [2.05, 4.69) is 28.3 Å². The van der Waals surface area contributed by atoms with E-state index in [4.69, 9.17) is 0 Å². The van der Waals surface area contributed by atoms with Crippen LogP contribution < -0.4 is 5.32 Å². The number of pyridine rings is 1. The van der Waals surface area contributed by atoms with Gasteiger partial charge in [0.15, 0.2) is 0 Å². The van der Waals surface area contributed by atoms with Gasteiger partial charge in [0.25, 0.3) is 0 Å². The molecule has 0 bridgehead atoms. The molecule has 1 N–H and O–H groups in total. The molecule has 0 aromatic carbocycles. The van der Waals surface area contributed by atoms with Crippen LogP contribution in [-0.2, 0) is 0 Å². The standard InChI is InChI=1S/C13H19N3/c1-2-8-15-13-7-6-11(10-16-13)12-5-3-4-9-14-12/h6-7,10H,2-5,8-9H2,1H3,(H,15,16). The summed E-state index contributed by atoms with van der Waals surface area (Å²) in [7, 11) is 0. The quantitative estimate of drug-likeness (QED) is 0.842. The molecule has 0 spiro atoms. The first-order valence-corrected chi connectivity index (χ1v) is 6.14. The highest BCUT2D eigenvalue weighted by Gasteiger charge is 2.07. The fraction of sp³-hybridized carbons (Fsp3) is 0.538. The van der Waals surface area contributed by atoms with Crippen molar-refractivity contribution in [2.24, 2.45) is 4.99 Å². The lowest BCUT2D eigenvalue weighted by Crippen LogP contribution is -2.09. The van der Waals surface area contributed by atoms with E-state index in [0.717, 1.165) is 31.7 Å². The molecule has 2 rings (SSSR count). The Morgan fingerprint density at radius 2 is 2.25 bits per heavy atom. The fourth-order valence-corrected chi connectivity index (χ4v) is 1.86. The largest absolute Gasteiger partial charge is 0.370 e. The number of aliphatic imine (C=N–C) groups is 1. The molecule has 16 heavy (non-hydrogen) atoms. The molecule has 1 aliphatic heterocycles. The van der Waals surface area contributed by atoms with E-state index in [1.807, 2.05) is 12.3 Å². The van der Waals surface area contributed by atoms with Crippen LogP contribution in [0, 0.1) is 0 Å². The molecule has 3 heteroatoms. The van der Waals surface area contributed by atoms with E-state index in [9.17, 15) is 0 Å². The number of nitrogens with zero attached hydrogens (tertiary/aromatic N) is 2. The molecule has 0 radical (unpaired) electrons. The van der Waals surface area contributed by atoms with Crippen LogP contribution in [0.15, 0.2) is 23.3 Å². The smallest absolute Gasteiger partial charge is 0.125 e. The first-order valence-electron chi connectivity index (χ1n) is 6.14. The second kappa shape index (κ2) is 5.64. The molecule has 0 amide bonds. The normalized spacial score (nSPS) is 15.7. The first-order chi connectivity index (χ1) is 7.90. The van der Waals surface area contributed by atoms with Crippen LogP contribution in [0.2, 0.25) is 0 Å². The summed E-state index contributed by atoms with van der Waals surface area (Å²) < 4.78 is 0. The van der Waals surface area contributed by atoms with Gasteiger partial charge in [-0.1, -0.05) is 6.92 Å². The van der Waals surface area contributed by atoms with Gasteiger partial charge >= 0.3 is 0 Å². The van der Waals surface area contributed by atoms with Crippen LogP contribution in [-0.4, -0.2) is 23.8 Å². The van der Waals surface area contributed by atoms with Crippen LogP contribution in [0.3, 0.4) is 0 Å². The minimum Gasteiger partial charge on any atom is -0.370 e. The lowest BCUT2D eigenvalue weighted by Gasteiger charge is -2.12. The maximum absolute atomic E-state index is 4.55. The summed E-state index contributed by atoms with van der Waals surface area (Å²) in [5.74, 6) is 0.960. The monoisotopic (exact) mass is 217 g/mol. The van der Waals surface area contributed by atoms with E-state index < -0.39 is 0 Å². The maximum Gasteiger partial charge on any atom is 0.125 e. The van der Waals surface area contributed by atoms with E-state index in [1.54, 1.807) is 0 Å². The number of hydrogen-bond donors (Lipinski definition) is 1. The third-order valence-corrected chi connectivity index (χ3v) is 2.78. The predicted molar refractivity (Wildman–Crippen MR) is 68.3 cm³/mol. The molecule has 1 aliphatic rings. The molecule has 2 heterocycles. The molecule has 0 fully saturated rings. The zero-order valence-electron chi connectivity index (χ0n) is 9.87. The summed E-state index contributed by atoms with van der Waals surface area (Å²) in [6, 6.07) is 4.16. The Morgan fingerprint density at radius 1 is 1.31 bits per heavy atom. The van der Waals surface area contributed by atoms with Crippen molar-refractivity contribution in [2.75, 3.05) is 18.4 Å². The van der Waals surface area contributed by atoms with E-state index in [0.29, 0.717) is 0 Å². The topological polar surface area (TPSA) is 37.3 Å². The minimum absolute atomic E-state index is 0.960. The average Bonchev–Trinajstić information content (AvgIpc) is 2.38. The minimum atomic E-state index is 0.960. The molecule has 0 atom stereocenters. The number of rotatable bonds is 4. The van der Waals surface area contributed by atoms with E-state index in [-0.39, 0.29) is 0 Å². The van der Waals surface area contributed by atoms with Crippen molar-refractivity contribution < 1.29 is 0 Å². The Bertz CT molecular complexity index is 354. The van der Waals surface area contributed by atoms with Crippen LogP contribution in [0.25, 0.3) is 0 Å². The Morgan fingerprint density at radius 3 is 2.88 bits per heavy atom. The highest BCUT2D eigenvalue weighted by molar-refractivity contribution is 6.00. The van der Waals surface area contributed by atoms with Gasteiger partial charge in [0.2, 0.25) is 0 Å².